The number of rotatable bonds is 3. The van der Waals surface area contributed by atoms with E-state index < -0.39 is 0 Å². The van der Waals surface area contributed by atoms with E-state index in [9.17, 15) is 0 Å². The zero-order valence-corrected chi connectivity index (χ0v) is 13.1. The molecule has 0 bridgehead atoms. The smallest absolute Gasteiger partial charge is 0.0332 e. The molecule has 2 saturated heterocycles. The Morgan fingerprint density at radius 2 is 2.05 bits per heavy atom. The first-order valence-electron chi connectivity index (χ1n) is 7.82. The fourth-order valence-electron chi connectivity index (χ4n) is 3.53. The van der Waals surface area contributed by atoms with E-state index in [-0.39, 0.29) is 0 Å². The van der Waals surface area contributed by atoms with Gasteiger partial charge in [0.15, 0.2) is 0 Å². The molecule has 2 fully saturated rings. The van der Waals surface area contributed by atoms with E-state index in [1.807, 2.05) is 11.3 Å². The molecule has 0 aliphatic carbocycles. The summed E-state index contributed by atoms with van der Waals surface area (Å²) < 4.78 is 0. The van der Waals surface area contributed by atoms with Gasteiger partial charge in [0.1, 0.15) is 0 Å². The van der Waals surface area contributed by atoms with Gasteiger partial charge in [-0.3, -0.25) is 9.80 Å². The largest absolute Gasteiger partial charge is 0.298 e. The molecule has 3 rings (SSSR count). The Morgan fingerprint density at radius 3 is 2.84 bits per heavy atom. The molecule has 1 aromatic rings. The molecular formula is C16H26N2S. The van der Waals surface area contributed by atoms with Gasteiger partial charge in [0.25, 0.3) is 0 Å². The van der Waals surface area contributed by atoms with Crippen molar-refractivity contribution in [2.45, 2.75) is 58.2 Å². The van der Waals surface area contributed by atoms with Crippen molar-refractivity contribution in [2.24, 2.45) is 0 Å². The second-order valence-corrected chi connectivity index (χ2v) is 7.40. The summed E-state index contributed by atoms with van der Waals surface area (Å²) in [6.45, 7) is 9.70. The second-order valence-electron chi connectivity index (χ2n) is 6.14. The van der Waals surface area contributed by atoms with Crippen molar-refractivity contribution >= 4 is 11.3 Å². The minimum atomic E-state index is 0.710. The highest BCUT2D eigenvalue weighted by atomic mass is 32.1. The molecule has 2 unspecified atom stereocenters. The lowest BCUT2D eigenvalue weighted by atomic mass is 9.97. The summed E-state index contributed by atoms with van der Waals surface area (Å²) in [5.74, 6) is 0. The van der Waals surface area contributed by atoms with E-state index in [1.54, 1.807) is 4.88 Å². The Bertz CT molecular complexity index is 415. The predicted molar refractivity (Wildman–Crippen MR) is 82.8 cm³/mol. The highest BCUT2D eigenvalue weighted by Gasteiger charge is 2.32. The Morgan fingerprint density at radius 1 is 1.21 bits per heavy atom. The van der Waals surface area contributed by atoms with Crippen LogP contribution in [0.4, 0.5) is 0 Å². The number of aryl methyl sites for hydroxylation is 1. The molecule has 2 aliphatic heterocycles. The molecule has 0 saturated carbocycles. The molecule has 3 heteroatoms. The van der Waals surface area contributed by atoms with E-state index in [1.165, 1.54) is 50.2 Å². The topological polar surface area (TPSA) is 6.48 Å². The van der Waals surface area contributed by atoms with Crippen LogP contribution in [0.15, 0.2) is 12.1 Å². The van der Waals surface area contributed by atoms with Gasteiger partial charge in [-0.1, -0.05) is 13.3 Å². The van der Waals surface area contributed by atoms with Crippen molar-refractivity contribution < 1.29 is 0 Å². The van der Waals surface area contributed by atoms with Crippen molar-refractivity contribution in [3.05, 3.63) is 21.9 Å². The van der Waals surface area contributed by atoms with Crippen LogP contribution < -0.4 is 0 Å². The minimum absolute atomic E-state index is 0.710. The molecule has 0 N–H and O–H groups in total. The van der Waals surface area contributed by atoms with E-state index in [0.717, 1.165) is 12.6 Å². The van der Waals surface area contributed by atoms with Gasteiger partial charge in [0, 0.05) is 41.5 Å². The molecule has 2 aliphatic rings. The summed E-state index contributed by atoms with van der Waals surface area (Å²) in [5, 5.41) is 0. The van der Waals surface area contributed by atoms with Crippen LogP contribution in [-0.4, -0.2) is 41.5 Å². The van der Waals surface area contributed by atoms with Crippen LogP contribution >= 0.6 is 11.3 Å². The first kappa shape index (κ1) is 13.6. The summed E-state index contributed by atoms with van der Waals surface area (Å²) in [5.41, 5.74) is 0. The van der Waals surface area contributed by atoms with Crippen molar-refractivity contribution in [1.82, 2.24) is 9.80 Å². The molecule has 19 heavy (non-hydrogen) atoms. The third-order valence-electron chi connectivity index (χ3n) is 4.74. The summed E-state index contributed by atoms with van der Waals surface area (Å²) in [4.78, 5) is 8.51. The van der Waals surface area contributed by atoms with E-state index in [2.05, 4.69) is 35.8 Å². The van der Waals surface area contributed by atoms with Gasteiger partial charge in [-0.2, -0.15) is 0 Å². The summed E-state index contributed by atoms with van der Waals surface area (Å²) in [6.07, 6.45) is 5.43. The van der Waals surface area contributed by atoms with Crippen molar-refractivity contribution in [3.8, 4) is 0 Å². The third kappa shape index (κ3) is 3.04. The zero-order chi connectivity index (χ0) is 13.2. The van der Waals surface area contributed by atoms with Gasteiger partial charge in [0.05, 0.1) is 0 Å². The fourth-order valence-corrected chi connectivity index (χ4v) is 4.51. The lowest BCUT2D eigenvalue weighted by molar-refractivity contribution is 0.0116. The fraction of sp³-hybridized carbons (Fsp3) is 0.750. The molecule has 2 atom stereocenters. The highest BCUT2D eigenvalue weighted by Crippen LogP contribution is 2.26. The van der Waals surface area contributed by atoms with Crippen molar-refractivity contribution in [2.75, 3.05) is 19.6 Å². The van der Waals surface area contributed by atoms with E-state index in [4.69, 9.17) is 0 Å². The Kier molecular flexibility index (Phi) is 4.25. The van der Waals surface area contributed by atoms with Gasteiger partial charge < -0.3 is 0 Å². The zero-order valence-electron chi connectivity index (χ0n) is 12.3. The molecule has 2 nitrogen and oxygen atoms in total. The van der Waals surface area contributed by atoms with Crippen LogP contribution in [-0.2, 0) is 13.0 Å². The van der Waals surface area contributed by atoms with Gasteiger partial charge in [-0.15, -0.1) is 11.3 Å². The van der Waals surface area contributed by atoms with Crippen LogP contribution in [0, 0.1) is 0 Å². The Labute approximate surface area is 121 Å². The summed E-state index contributed by atoms with van der Waals surface area (Å²) in [6, 6.07) is 6.18. The first-order valence-corrected chi connectivity index (χ1v) is 8.63. The number of nitrogens with zero attached hydrogens (tertiary/aromatic N) is 2. The van der Waals surface area contributed by atoms with Gasteiger partial charge in [-0.25, -0.2) is 0 Å². The maximum absolute atomic E-state index is 2.73. The normalized spacial score (nSPS) is 29.4. The lowest BCUT2D eigenvalue weighted by Crippen LogP contribution is -2.58. The van der Waals surface area contributed by atoms with Gasteiger partial charge in [-0.05, 0) is 44.9 Å². The number of hydrogen-bond donors (Lipinski definition) is 0. The SMILES string of the molecule is CCc1ccc(CN2CC3CCCCN3CC2C)s1. The van der Waals surface area contributed by atoms with Crippen LogP contribution in [0.2, 0.25) is 0 Å². The maximum Gasteiger partial charge on any atom is 0.0332 e. The Balaban J connectivity index is 1.63. The van der Waals surface area contributed by atoms with Crippen LogP contribution in [0.1, 0.15) is 42.9 Å². The quantitative estimate of drug-likeness (QED) is 0.836. The van der Waals surface area contributed by atoms with Gasteiger partial charge >= 0.3 is 0 Å². The summed E-state index contributed by atoms with van der Waals surface area (Å²) >= 11 is 2.00. The number of piperazine rings is 1. The van der Waals surface area contributed by atoms with E-state index >= 15 is 0 Å². The van der Waals surface area contributed by atoms with Crippen molar-refractivity contribution in [3.63, 3.8) is 0 Å². The van der Waals surface area contributed by atoms with E-state index in [0.29, 0.717) is 6.04 Å². The monoisotopic (exact) mass is 278 g/mol. The van der Waals surface area contributed by atoms with Gasteiger partial charge in [0.2, 0.25) is 0 Å². The number of piperidine rings is 1. The Hall–Kier alpha value is -0.380. The maximum atomic E-state index is 2.73. The molecule has 1 aromatic heterocycles. The standard InChI is InChI=1S/C16H26N2S/c1-3-15-7-8-16(19-15)12-18-11-14-6-4-5-9-17(14)10-13(18)2/h7-8,13-14H,3-6,9-12H2,1-2H3. The molecule has 0 aromatic carbocycles. The van der Waals surface area contributed by atoms with Crippen LogP contribution in [0.25, 0.3) is 0 Å². The third-order valence-corrected chi connectivity index (χ3v) is 5.96. The minimum Gasteiger partial charge on any atom is -0.298 e. The average molecular weight is 278 g/mol. The predicted octanol–water partition coefficient (Wildman–Crippen LogP) is 3.37. The first-order chi connectivity index (χ1) is 9.26. The number of thiophene rings is 1. The van der Waals surface area contributed by atoms with Crippen LogP contribution in [0.3, 0.4) is 0 Å². The van der Waals surface area contributed by atoms with Crippen molar-refractivity contribution in [1.29, 1.82) is 0 Å². The highest BCUT2D eigenvalue weighted by molar-refractivity contribution is 7.11. The number of hydrogen-bond acceptors (Lipinski definition) is 3. The summed E-state index contributed by atoms with van der Waals surface area (Å²) in [7, 11) is 0. The number of fused-ring (bicyclic) bond motifs is 1. The molecule has 3 heterocycles. The molecular weight excluding hydrogens is 252 g/mol. The average Bonchev–Trinajstić information content (AvgIpc) is 2.87. The van der Waals surface area contributed by atoms with Crippen LogP contribution in [0.5, 0.6) is 0 Å². The molecule has 0 amide bonds. The lowest BCUT2D eigenvalue weighted by Gasteiger charge is -2.47. The molecule has 106 valence electrons. The molecule has 0 spiro atoms. The second kappa shape index (κ2) is 5.94. The molecule has 0 radical (unpaired) electrons.